The first-order valence-electron chi connectivity index (χ1n) is 5.62. The number of unbranched alkanes of at least 4 members (excludes halogenated alkanes) is 1. The topological polar surface area (TPSA) is 90.4 Å². The van der Waals surface area contributed by atoms with E-state index in [0.29, 0.717) is 19.7 Å². The number of esters is 1. The number of nitrogens with one attached hydrogen (secondary N) is 1. The van der Waals surface area contributed by atoms with E-state index in [1.165, 1.54) is 6.08 Å². The number of carbonyl (C=O) groups excluding carboxylic acids is 1. The van der Waals surface area contributed by atoms with E-state index in [9.17, 15) is 4.79 Å². The lowest BCUT2D eigenvalue weighted by Crippen LogP contribution is -2.27. The molecule has 0 atom stereocenters. The summed E-state index contributed by atoms with van der Waals surface area (Å²) >= 11 is 0. The predicted octanol–water partition coefficient (Wildman–Crippen LogP) is 0.00910. The van der Waals surface area contributed by atoms with Crippen LogP contribution in [0.3, 0.4) is 0 Å². The van der Waals surface area contributed by atoms with Crippen molar-refractivity contribution >= 4 is 5.97 Å². The van der Waals surface area contributed by atoms with Crippen molar-refractivity contribution in [2.45, 2.75) is 19.8 Å². The summed E-state index contributed by atoms with van der Waals surface area (Å²) in [5.74, 6) is -0.330. The smallest absolute Gasteiger partial charge is 0.330 e. The molecule has 0 unspecified atom stereocenters. The van der Waals surface area contributed by atoms with Crippen molar-refractivity contribution in [3.63, 3.8) is 0 Å². The molecular weight excluding hydrogens is 206 g/mol. The van der Waals surface area contributed by atoms with Gasteiger partial charge in [0.25, 0.3) is 0 Å². The Labute approximate surface area is 98.2 Å². The summed E-state index contributed by atoms with van der Waals surface area (Å²) in [6.45, 7) is 8.96. The van der Waals surface area contributed by atoms with E-state index in [-0.39, 0.29) is 5.97 Å². The summed E-state index contributed by atoms with van der Waals surface area (Å²) in [6, 6.07) is 0. The van der Waals surface area contributed by atoms with E-state index < -0.39 is 0 Å². The molecule has 0 amide bonds. The van der Waals surface area contributed by atoms with E-state index in [2.05, 4.69) is 16.6 Å². The molecule has 0 aromatic heterocycles. The van der Waals surface area contributed by atoms with Crippen molar-refractivity contribution < 1.29 is 9.53 Å². The van der Waals surface area contributed by atoms with Gasteiger partial charge in [-0.05, 0) is 6.42 Å². The van der Waals surface area contributed by atoms with Crippen molar-refractivity contribution in [1.29, 1.82) is 0 Å². The number of hydrogen-bond donors (Lipinski definition) is 3. The van der Waals surface area contributed by atoms with Crippen LogP contribution in [-0.2, 0) is 9.53 Å². The van der Waals surface area contributed by atoms with E-state index in [1.54, 1.807) is 0 Å². The SMILES string of the molecule is C=CC(=O)OCCCC.NCCNCCN. The quantitative estimate of drug-likeness (QED) is 0.311. The first-order chi connectivity index (χ1) is 7.72. The minimum Gasteiger partial charge on any atom is -0.463 e. The molecule has 0 saturated heterocycles. The molecule has 0 aromatic rings. The van der Waals surface area contributed by atoms with Crippen molar-refractivity contribution in [2.75, 3.05) is 32.8 Å². The molecule has 0 fully saturated rings. The van der Waals surface area contributed by atoms with Gasteiger partial charge in [-0.15, -0.1) is 0 Å². The second-order valence-electron chi connectivity index (χ2n) is 3.05. The van der Waals surface area contributed by atoms with Gasteiger partial charge in [0.05, 0.1) is 6.61 Å². The summed E-state index contributed by atoms with van der Waals surface area (Å²) in [6.07, 6.45) is 3.15. The molecule has 0 saturated carbocycles. The Bertz CT molecular complexity index is 159. The molecule has 0 rings (SSSR count). The molecule has 0 aliphatic heterocycles. The Kier molecular flexibility index (Phi) is 18.0. The van der Waals surface area contributed by atoms with Gasteiger partial charge >= 0.3 is 5.97 Å². The molecule has 0 spiro atoms. The van der Waals surface area contributed by atoms with Gasteiger partial charge in [0.2, 0.25) is 0 Å². The molecule has 0 aromatic carbocycles. The lowest BCUT2D eigenvalue weighted by Gasteiger charge is -1.97. The average molecular weight is 231 g/mol. The molecule has 16 heavy (non-hydrogen) atoms. The van der Waals surface area contributed by atoms with Crippen LogP contribution in [0.2, 0.25) is 0 Å². The molecule has 5 heteroatoms. The first kappa shape index (κ1) is 17.5. The Morgan fingerprint density at radius 2 is 1.94 bits per heavy atom. The van der Waals surface area contributed by atoms with Gasteiger partial charge in [0.1, 0.15) is 0 Å². The maximum Gasteiger partial charge on any atom is 0.330 e. The first-order valence-corrected chi connectivity index (χ1v) is 5.62. The maximum atomic E-state index is 10.3. The van der Waals surface area contributed by atoms with Crippen LogP contribution in [0.5, 0.6) is 0 Å². The second kappa shape index (κ2) is 16.5. The molecule has 0 aliphatic rings. The van der Waals surface area contributed by atoms with Gasteiger partial charge < -0.3 is 21.5 Å². The van der Waals surface area contributed by atoms with Gasteiger partial charge in [-0.1, -0.05) is 19.9 Å². The highest BCUT2D eigenvalue weighted by Gasteiger charge is 1.91. The zero-order chi connectivity index (χ0) is 12.6. The summed E-state index contributed by atoms with van der Waals surface area (Å²) in [4.78, 5) is 10.3. The molecular formula is C11H25N3O2. The van der Waals surface area contributed by atoms with Crippen LogP contribution in [0.25, 0.3) is 0 Å². The van der Waals surface area contributed by atoms with Gasteiger partial charge in [-0.2, -0.15) is 0 Å². The van der Waals surface area contributed by atoms with Crippen molar-refractivity contribution in [2.24, 2.45) is 11.5 Å². The zero-order valence-corrected chi connectivity index (χ0v) is 10.2. The highest BCUT2D eigenvalue weighted by Crippen LogP contribution is 1.88. The predicted molar refractivity (Wildman–Crippen MR) is 67.0 cm³/mol. The summed E-state index contributed by atoms with van der Waals surface area (Å²) < 4.78 is 4.67. The van der Waals surface area contributed by atoms with Crippen LogP contribution in [0.15, 0.2) is 12.7 Å². The standard InChI is InChI=1S/C7H12O2.C4H13N3/c1-3-5-6-9-7(8)4-2;5-1-3-7-4-2-6/h4H,2-3,5-6H2,1H3;7H,1-6H2. The lowest BCUT2D eigenvalue weighted by atomic mass is 10.4. The van der Waals surface area contributed by atoms with Gasteiger partial charge in [0, 0.05) is 32.3 Å². The fraction of sp³-hybridized carbons (Fsp3) is 0.727. The third-order valence-corrected chi connectivity index (χ3v) is 1.55. The van der Waals surface area contributed by atoms with Crippen molar-refractivity contribution in [1.82, 2.24) is 5.32 Å². The molecule has 96 valence electrons. The summed E-state index contributed by atoms with van der Waals surface area (Å²) in [5, 5.41) is 3.03. The third kappa shape index (κ3) is 18.8. The van der Waals surface area contributed by atoms with E-state index >= 15 is 0 Å². The van der Waals surface area contributed by atoms with Crippen LogP contribution in [0, 0.1) is 0 Å². The Morgan fingerprint density at radius 3 is 2.31 bits per heavy atom. The number of hydrogen-bond acceptors (Lipinski definition) is 5. The van der Waals surface area contributed by atoms with Crippen LogP contribution >= 0.6 is 0 Å². The van der Waals surface area contributed by atoms with E-state index in [1.807, 2.05) is 6.92 Å². The zero-order valence-electron chi connectivity index (χ0n) is 10.2. The normalized spacial score (nSPS) is 8.94. The van der Waals surface area contributed by atoms with Crippen LogP contribution in [0.1, 0.15) is 19.8 Å². The van der Waals surface area contributed by atoms with Gasteiger partial charge in [-0.25, -0.2) is 4.79 Å². The Morgan fingerprint density at radius 1 is 1.38 bits per heavy atom. The largest absolute Gasteiger partial charge is 0.463 e. The molecule has 5 nitrogen and oxygen atoms in total. The second-order valence-corrected chi connectivity index (χ2v) is 3.05. The van der Waals surface area contributed by atoms with E-state index in [4.69, 9.17) is 11.5 Å². The van der Waals surface area contributed by atoms with Gasteiger partial charge in [-0.3, -0.25) is 0 Å². The molecule has 0 aliphatic carbocycles. The molecule has 5 N–H and O–H groups in total. The fourth-order valence-corrected chi connectivity index (χ4v) is 0.705. The molecule has 0 bridgehead atoms. The Balaban J connectivity index is 0. The average Bonchev–Trinajstić information content (AvgIpc) is 2.31. The van der Waals surface area contributed by atoms with Crippen molar-refractivity contribution in [3.05, 3.63) is 12.7 Å². The van der Waals surface area contributed by atoms with Crippen LogP contribution in [0.4, 0.5) is 0 Å². The van der Waals surface area contributed by atoms with E-state index in [0.717, 1.165) is 25.9 Å². The highest BCUT2D eigenvalue weighted by molar-refractivity contribution is 5.81. The monoisotopic (exact) mass is 231 g/mol. The minimum absolute atomic E-state index is 0.330. The van der Waals surface area contributed by atoms with Crippen LogP contribution in [-0.4, -0.2) is 38.8 Å². The molecule has 0 radical (unpaired) electrons. The lowest BCUT2D eigenvalue weighted by molar-refractivity contribution is -0.137. The number of nitrogens with two attached hydrogens (primary N) is 2. The number of rotatable bonds is 8. The Hall–Kier alpha value is -0.910. The van der Waals surface area contributed by atoms with Gasteiger partial charge in [0.15, 0.2) is 0 Å². The fourth-order valence-electron chi connectivity index (χ4n) is 0.705. The van der Waals surface area contributed by atoms with Crippen molar-refractivity contribution in [3.8, 4) is 0 Å². The highest BCUT2D eigenvalue weighted by atomic mass is 16.5. The third-order valence-electron chi connectivity index (χ3n) is 1.55. The molecule has 0 heterocycles. The van der Waals surface area contributed by atoms with Crippen LogP contribution < -0.4 is 16.8 Å². The number of carbonyl (C=O) groups is 1. The number of ether oxygens (including phenoxy) is 1. The maximum absolute atomic E-state index is 10.3. The summed E-state index contributed by atoms with van der Waals surface area (Å²) in [7, 11) is 0. The summed E-state index contributed by atoms with van der Waals surface area (Å²) in [5.41, 5.74) is 10.3. The minimum atomic E-state index is -0.330.